The van der Waals surface area contributed by atoms with Gasteiger partial charge in [0.15, 0.2) is 5.76 Å². The minimum absolute atomic E-state index is 0.129. The van der Waals surface area contributed by atoms with Crippen LogP contribution in [0, 0.1) is 0 Å². The minimum Gasteiger partial charge on any atom is -0.390 e. The van der Waals surface area contributed by atoms with Crippen LogP contribution in [0.15, 0.2) is 10.6 Å². The standard InChI is InChI=1S/C7H9NO4/c9-4-5-3-6(12-8-5)7-10-1-2-11-7/h3,7,9H,1-2,4H2. The van der Waals surface area contributed by atoms with Crippen molar-refractivity contribution >= 4 is 0 Å². The average Bonchev–Trinajstić information content (AvgIpc) is 2.75. The molecule has 0 unspecified atom stereocenters. The number of aliphatic hydroxyl groups excluding tert-OH is 1. The van der Waals surface area contributed by atoms with E-state index in [1.165, 1.54) is 0 Å². The van der Waals surface area contributed by atoms with Gasteiger partial charge in [0, 0.05) is 6.07 Å². The van der Waals surface area contributed by atoms with Gasteiger partial charge in [-0.1, -0.05) is 5.16 Å². The third-order valence-corrected chi connectivity index (χ3v) is 1.59. The molecule has 0 spiro atoms. The Morgan fingerprint density at radius 3 is 2.83 bits per heavy atom. The number of hydrogen-bond acceptors (Lipinski definition) is 5. The molecule has 1 aliphatic rings. The second-order valence-electron chi connectivity index (χ2n) is 2.45. The van der Waals surface area contributed by atoms with E-state index >= 15 is 0 Å². The maximum absolute atomic E-state index is 8.69. The zero-order valence-electron chi connectivity index (χ0n) is 6.40. The van der Waals surface area contributed by atoms with Crippen molar-refractivity contribution in [1.29, 1.82) is 0 Å². The van der Waals surface area contributed by atoms with Gasteiger partial charge in [-0.2, -0.15) is 0 Å². The number of aliphatic hydroxyl groups is 1. The summed E-state index contributed by atoms with van der Waals surface area (Å²) in [6, 6.07) is 1.62. The molecule has 0 bridgehead atoms. The Hall–Kier alpha value is -0.910. The fourth-order valence-electron chi connectivity index (χ4n) is 1.04. The van der Waals surface area contributed by atoms with Crippen LogP contribution in [0.25, 0.3) is 0 Å². The number of ether oxygens (including phenoxy) is 2. The molecule has 1 aromatic heterocycles. The van der Waals surface area contributed by atoms with Crippen LogP contribution in [0.5, 0.6) is 0 Å². The second kappa shape index (κ2) is 3.22. The van der Waals surface area contributed by atoms with Gasteiger partial charge in [-0.25, -0.2) is 0 Å². The first-order chi connectivity index (χ1) is 5.90. The van der Waals surface area contributed by atoms with Crippen LogP contribution in [-0.2, 0) is 16.1 Å². The molecule has 0 aliphatic carbocycles. The molecule has 1 fully saturated rings. The summed E-state index contributed by atoms with van der Waals surface area (Å²) in [5.74, 6) is 0.511. The Morgan fingerprint density at radius 2 is 2.25 bits per heavy atom. The van der Waals surface area contributed by atoms with E-state index in [4.69, 9.17) is 19.1 Å². The predicted octanol–water partition coefficient (Wildman–Crippen LogP) is 0.212. The third-order valence-electron chi connectivity index (χ3n) is 1.59. The molecule has 0 saturated carbocycles. The summed E-state index contributed by atoms with van der Waals surface area (Å²) in [5, 5.41) is 12.3. The van der Waals surface area contributed by atoms with Gasteiger partial charge in [0.1, 0.15) is 5.69 Å². The molecule has 1 N–H and O–H groups in total. The van der Waals surface area contributed by atoms with Crippen LogP contribution in [0.3, 0.4) is 0 Å². The average molecular weight is 171 g/mol. The first-order valence-corrected chi connectivity index (χ1v) is 3.69. The van der Waals surface area contributed by atoms with Gasteiger partial charge in [0.05, 0.1) is 19.8 Å². The maximum Gasteiger partial charge on any atom is 0.220 e. The lowest BCUT2D eigenvalue weighted by Gasteiger charge is -2.01. The lowest BCUT2D eigenvalue weighted by Crippen LogP contribution is -1.95. The Balaban J connectivity index is 2.11. The van der Waals surface area contributed by atoms with Gasteiger partial charge in [0.2, 0.25) is 6.29 Å². The molecule has 0 atom stereocenters. The molecular weight excluding hydrogens is 162 g/mol. The second-order valence-corrected chi connectivity index (χ2v) is 2.45. The molecular formula is C7H9NO4. The summed E-state index contributed by atoms with van der Waals surface area (Å²) in [6.07, 6.45) is -0.446. The fraction of sp³-hybridized carbons (Fsp3) is 0.571. The Kier molecular flexibility index (Phi) is 2.07. The van der Waals surface area contributed by atoms with E-state index in [-0.39, 0.29) is 6.61 Å². The molecule has 5 heteroatoms. The third kappa shape index (κ3) is 1.34. The molecule has 66 valence electrons. The summed E-state index contributed by atoms with van der Waals surface area (Å²) in [7, 11) is 0. The summed E-state index contributed by atoms with van der Waals surface area (Å²) in [6.45, 7) is 1.01. The number of hydrogen-bond donors (Lipinski definition) is 1. The van der Waals surface area contributed by atoms with E-state index in [0.29, 0.717) is 24.7 Å². The van der Waals surface area contributed by atoms with E-state index in [2.05, 4.69) is 5.16 Å². The minimum atomic E-state index is -0.446. The molecule has 12 heavy (non-hydrogen) atoms. The van der Waals surface area contributed by atoms with Gasteiger partial charge in [-0.3, -0.25) is 0 Å². The quantitative estimate of drug-likeness (QED) is 0.689. The molecule has 5 nitrogen and oxygen atoms in total. The van der Waals surface area contributed by atoms with E-state index in [0.717, 1.165) is 0 Å². The molecule has 1 saturated heterocycles. The number of nitrogens with zero attached hydrogens (tertiary/aromatic N) is 1. The van der Waals surface area contributed by atoms with Crippen molar-refractivity contribution in [1.82, 2.24) is 5.16 Å². The van der Waals surface area contributed by atoms with Gasteiger partial charge in [0.25, 0.3) is 0 Å². The maximum atomic E-state index is 8.69. The van der Waals surface area contributed by atoms with Crippen LogP contribution in [0.2, 0.25) is 0 Å². The van der Waals surface area contributed by atoms with Crippen molar-refractivity contribution in [3.05, 3.63) is 17.5 Å². The van der Waals surface area contributed by atoms with Crippen LogP contribution in [0.1, 0.15) is 17.7 Å². The molecule has 0 radical (unpaired) electrons. The highest BCUT2D eigenvalue weighted by Gasteiger charge is 2.22. The highest BCUT2D eigenvalue weighted by Crippen LogP contribution is 2.23. The molecule has 1 aliphatic heterocycles. The molecule has 2 rings (SSSR count). The van der Waals surface area contributed by atoms with Crippen molar-refractivity contribution in [2.75, 3.05) is 13.2 Å². The molecule has 0 amide bonds. The van der Waals surface area contributed by atoms with Crippen LogP contribution < -0.4 is 0 Å². The number of rotatable bonds is 2. The van der Waals surface area contributed by atoms with Crippen LogP contribution in [-0.4, -0.2) is 23.5 Å². The van der Waals surface area contributed by atoms with Crippen molar-refractivity contribution in [2.24, 2.45) is 0 Å². The monoisotopic (exact) mass is 171 g/mol. The summed E-state index contributed by atoms with van der Waals surface area (Å²) in [5.41, 5.74) is 0.490. The Bertz CT molecular complexity index is 254. The Labute approximate surface area is 68.9 Å². The van der Waals surface area contributed by atoms with Crippen LogP contribution >= 0.6 is 0 Å². The SMILES string of the molecule is OCc1cc(C2OCCO2)on1. The topological polar surface area (TPSA) is 64.7 Å². The number of aromatic nitrogens is 1. The van der Waals surface area contributed by atoms with E-state index < -0.39 is 6.29 Å². The van der Waals surface area contributed by atoms with Crippen molar-refractivity contribution in [3.63, 3.8) is 0 Å². The summed E-state index contributed by atoms with van der Waals surface area (Å²) in [4.78, 5) is 0. The lowest BCUT2D eigenvalue weighted by molar-refractivity contribution is -0.0619. The Morgan fingerprint density at radius 1 is 1.50 bits per heavy atom. The smallest absolute Gasteiger partial charge is 0.220 e. The van der Waals surface area contributed by atoms with E-state index in [9.17, 15) is 0 Å². The van der Waals surface area contributed by atoms with E-state index in [1.54, 1.807) is 6.07 Å². The van der Waals surface area contributed by atoms with Crippen LogP contribution in [0.4, 0.5) is 0 Å². The van der Waals surface area contributed by atoms with Gasteiger partial charge < -0.3 is 19.1 Å². The highest BCUT2D eigenvalue weighted by atomic mass is 16.7. The predicted molar refractivity (Wildman–Crippen MR) is 37.1 cm³/mol. The fourth-order valence-corrected chi connectivity index (χ4v) is 1.04. The van der Waals surface area contributed by atoms with Crippen molar-refractivity contribution in [2.45, 2.75) is 12.9 Å². The van der Waals surface area contributed by atoms with Gasteiger partial charge in [-0.05, 0) is 0 Å². The first kappa shape index (κ1) is 7.72. The largest absolute Gasteiger partial charge is 0.390 e. The molecule has 0 aromatic carbocycles. The zero-order valence-corrected chi connectivity index (χ0v) is 6.40. The van der Waals surface area contributed by atoms with Crippen molar-refractivity contribution < 1.29 is 19.1 Å². The zero-order chi connectivity index (χ0) is 8.39. The normalized spacial score (nSPS) is 18.8. The van der Waals surface area contributed by atoms with E-state index in [1.807, 2.05) is 0 Å². The first-order valence-electron chi connectivity index (χ1n) is 3.69. The highest BCUT2D eigenvalue weighted by molar-refractivity contribution is 5.05. The lowest BCUT2D eigenvalue weighted by atomic mass is 10.4. The molecule has 2 heterocycles. The summed E-state index contributed by atoms with van der Waals surface area (Å²) >= 11 is 0. The molecule has 1 aromatic rings. The van der Waals surface area contributed by atoms with Crippen molar-refractivity contribution in [3.8, 4) is 0 Å². The van der Waals surface area contributed by atoms with Gasteiger partial charge in [-0.15, -0.1) is 0 Å². The summed E-state index contributed by atoms with van der Waals surface area (Å²) < 4.78 is 15.2. The van der Waals surface area contributed by atoms with Gasteiger partial charge >= 0.3 is 0 Å².